The number of nitrogens with one attached hydrogen (secondary N) is 1. The molecule has 0 spiro atoms. The number of sulfonamides is 1. The van der Waals surface area contributed by atoms with E-state index in [0.717, 1.165) is 32.7 Å². The Morgan fingerprint density at radius 1 is 1.13 bits per heavy atom. The molecular weight excluding hydrogens is 408 g/mol. The maximum atomic E-state index is 13.1. The average Bonchev–Trinajstić information content (AvgIpc) is 2.78. The van der Waals surface area contributed by atoms with Crippen LogP contribution in [0.2, 0.25) is 0 Å². The van der Waals surface area contributed by atoms with Gasteiger partial charge < -0.3 is 19.9 Å². The fraction of sp³-hybridized carbons (Fsp3) is 0.600. The maximum absolute atomic E-state index is 13.1. The van der Waals surface area contributed by atoms with E-state index in [1.807, 2.05) is 4.90 Å². The van der Waals surface area contributed by atoms with Gasteiger partial charge >= 0.3 is 0 Å². The average molecular weight is 437 g/mol. The van der Waals surface area contributed by atoms with Crippen molar-refractivity contribution in [2.75, 3.05) is 57.7 Å². The summed E-state index contributed by atoms with van der Waals surface area (Å²) in [6.07, 6.45) is 1.05. The number of carbonyl (C=O) groups excluding carboxylic acids is 2. The summed E-state index contributed by atoms with van der Waals surface area (Å²) in [7, 11) is -3.70. The van der Waals surface area contributed by atoms with Crippen LogP contribution in [0.25, 0.3) is 0 Å². The van der Waals surface area contributed by atoms with Gasteiger partial charge in [-0.15, -0.1) is 0 Å². The number of piperazine rings is 1. The van der Waals surface area contributed by atoms with E-state index in [4.69, 9.17) is 4.74 Å². The zero-order valence-corrected chi connectivity index (χ0v) is 18.0. The lowest BCUT2D eigenvalue weighted by Gasteiger charge is -2.38. The Morgan fingerprint density at radius 2 is 1.83 bits per heavy atom. The van der Waals surface area contributed by atoms with Crippen LogP contribution in [-0.2, 0) is 19.6 Å². The van der Waals surface area contributed by atoms with E-state index in [1.54, 1.807) is 6.07 Å². The number of carbonyl (C=O) groups is 2. The van der Waals surface area contributed by atoms with Crippen LogP contribution < -0.4 is 10.1 Å². The number of ether oxygens (including phenoxy) is 1. The predicted octanol–water partition coefficient (Wildman–Crippen LogP) is 0.582. The molecule has 0 radical (unpaired) electrons. The molecular formula is C20H28N4O5S. The van der Waals surface area contributed by atoms with Crippen LogP contribution in [0, 0.1) is 5.92 Å². The second-order valence-electron chi connectivity index (χ2n) is 7.93. The summed E-state index contributed by atoms with van der Waals surface area (Å²) in [6.45, 7) is 6.95. The van der Waals surface area contributed by atoms with Crippen molar-refractivity contribution in [3.8, 4) is 5.75 Å². The quantitative estimate of drug-likeness (QED) is 0.741. The van der Waals surface area contributed by atoms with Crippen molar-refractivity contribution >= 4 is 27.5 Å². The summed E-state index contributed by atoms with van der Waals surface area (Å²) in [5, 5.41) is 2.64. The van der Waals surface area contributed by atoms with Gasteiger partial charge in [0.1, 0.15) is 5.75 Å². The largest absolute Gasteiger partial charge is 0.482 e. The minimum absolute atomic E-state index is 0.0753. The van der Waals surface area contributed by atoms with Gasteiger partial charge in [-0.1, -0.05) is 6.92 Å². The highest BCUT2D eigenvalue weighted by Crippen LogP contribution is 2.32. The summed E-state index contributed by atoms with van der Waals surface area (Å²) in [4.78, 5) is 28.7. The molecule has 3 heterocycles. The molecule has 9 nitrogen and oxygen atoms in total. The molecule has 0 bridgehead atoms. The molecule has 0 aromatic heterocycles. The molecule has 10 heteroatoms. The third-order valence-corrected chi connectivity index (χ3v) is 8.05. The molecule has 30 heavy (non-hydrogen) atoms. The van der Waals surface area contributed by atoms with E-state index in [-0.39, 0.29) is 29.2 Å². The van der Waals surface area contributed by atoms with Gasteiger partial charge in [0.25, 0.3) is 5.91 Å². The number of nitrogens with zero attached hydrogens (tertiary/aromatic N) is 3. The Balaban J connectivity index is 1.38. The molecule has 3 aliphatic rings. The number of anilines is 1. The summed E-state index contributed by atoms with van der Waals surface area (Å²) < 4.78 is 32.9. The van der Waals surface area contributed by atoms with Crippen LogP contribution in [0.15, 0.2) is 23.1 Å². The van der Waals surface area contributed by atoms with Crippen LogP contribution in [0.3, 0.4) is 0 Å². The molecule has 1 aromatic carbocycles. The van der Waals surface area contributed by atoms with E-state index in [9.17, 15) is 18.0 Å². The first-order valence-electron chi connectivity index (χ1n) is 10.5. The maximum Gasteiger partial charge on any atom is 0.262 e. The first kappa shape index (κ1) is 21.1. The molecule has 164 valence electrons. The Kier molecular flexibility index (Phi) is 5.99. The first-order valence-corrected chi connectivity index (χ1v) is 11.9. The first-order chi connectivity index (χ1) is 14.4. The fourth-order valence-corrected chi connectivity index (χ4v) is 5.75. The van der Waals surface area contributed by atoms with Gasteiger partial charge in [0.2, 0.25) is 15.9 Å². The minimum atomic E-state index is -3.70. The summed E-state index contributed by atoms with van der Waals surface area (Å²) in [6, 6.07) is 4.50. The molecule has 0 aliphatic carbocycles. The lowest BCUT2D eigenvalue weighted by molar-refractivity contribution is -0.138. The Hall–Kier alpha value is -2.17. The normalized spacial score (nSPS) is 21.6. The van der Waals surface area contributed by atoms with E-state index < -0.39 is 10.0 Å². The number of hydrogen-bond donors (Lipinski definition) is 1. The van der Waals surface area contributed by atoms with Gasteiger partial charge in [0.05, 0.1) is 10.6 Å². The number of amides is 2. The lowest BCUT2D eigenvalue weighted by atomic mass is 9.96. The third-order valence-electron chi connectivity index (χ3n) is 6.16. The molecule has 3 aliphatic heterocycles. The highest BCUT2D eigenvalue weighted by atomic mass is 32.2. The molecule has 2 saturated heterocycles. The van der Waals surface area contributed by atoms with E-state index in [2.05, 4.69) is 17.1 Å². The number of hydrogen-bond acceptors (Lipinski definition) is 6. The molecule has 2 amide bonds. The second kappa shape index (κ2) is 8.52. The van der Waals surface area contributed by atoms with Gasteiger partial charge in [-0.25, -0.2) is 8.42 Å². The smallest absolute Gasteiger partial charge is 0.262 e. The van der Waals surface area contributed by atoms with Crippen LogP contribution in [-0.4, -0.2) is 86.8 Å². The molecule has 0 unspecified atom stereocenters. The number of fused-ring (bicyclic) bond motifs is 1. The summed E-state index contributed by atoms with van der Waals surface area (Å²) >= 11 is 0. The SMILES string of the molecule is CCN1CCN(C(=O)C2CCN(S(=O)(=O)c3ccc4c(c3)NC(=O)CO4)CC2)CC1. The lowest BCUT2D eigenvalue weighted by Crippen LogP contribution is -2.51. The summed E-state index contributed by atoms with van der Waals surface area (Å²) in [5.41, 5.74) is 0.364. The zero-order valence-electron chi connectivity index (χ0n) is 17.2. The van der Waals surface area contributed by atoms with E-state index >= 15 is 0 Å². The van der Waals surface area contributed by atoms with Crippen molar-refractivity contribution in [3.05, 3.63) is 18.2 Å². The van der Waals surface area contributed by atoms with Gasteiger partial charge in [0, 0.05) is 45.2 Å². The fourth-order valence-electron chi connectivity index (χ4n) is 4.26. The van der Waals surface area contributed by atoms with Gasteiger partial charge in [-0.05, 0) is 37.6 Å². The Labute approximate surface area is 177 Å². The predicted molar refractivity (Wildman–Crippen MR) is 111 cm³/mol. The van der Waals surface area contributed by atoms with E-state index in [0.29, 0.717) is 37.4 Å². The van der Waals surface area contributed by atoms with Crippen molar-refractivity contribution in [1.82, 2.24) is 14.1 Å². The van der Waals surface area contributed by atoms with Crippen molar-refractivity contribution in [1.29, 1.82) is 0 Å². The van der Waals surface area contributed by atoms with Crippen LogP contribution in [0.4, 0.5) is 5.69 Å². The van der Waals surface area contributed by atoms with Crippen LogP contribution in [0.1, 0.15) is 19.8 Å². The van der Waals surface area contributed by atoms with Crippen LogP contribution in [0.5, 0.6) is 5.75 Å². The van der Waals surface area contributed by atoms with Crippen molar-refractivity contribution < 1.29 is 22.7 Å². The van der Waals surface area contributed by atoms with Gasteiger partial charge in [-0.3, -0.25) is 9.59 Å². The Bertz CT molecular complexity index is 919. The minimum Gasteiger partial charge on any atom is -0.482 e. The number of benzene rings is 1. The van der Waals surface area contributed by atoms with Crippen LogP contribution >= 0.6 is 0 Å². The monoisotopic (exact) mass is 436 g/mol. The molecule has 0 atom stereocenters. The highest BCUT2D eigenvalue weighted by Gasteiger charge is 2.35. The molecule has 4 rings (SSSR count). The van der Waals surface area contributed by atoms with E-state index in [1.165, 1.54) is 16.4 Å². The van der Waals surface area contributed by atoms with Crippen molar-refractivity contribution in [2.45, 2.75) is 24.7 Å². The zero-order chi connectivity index (χ0) is 21.3. The molecule has 1 N–H and O–H groups in total. The number of rotatable bonds is 4. The third kappa shape index (κ3) is 4.17. The van der Waals surface area contributed by atoms with Crippen molar-refractivity contribution in [3.63, 3.8) is 0 Å². The second-order valence-corrected chi connectivity index (χ2v) is 9.87. The van der Waals surface area contributed by atoms with Gasteiger partial charge in [0.15, 0.2) is 6.61 Å². The van der Waals surface area contributed by atoms with Gasteiger partial charge in [-0.2, -0.15) is 4.31 Å². The summed E-state index contributed by atoms with van der Waals surface area (Å²) in [5.74, 6) is 0.175. The highest BCUT2D eigenvalue weighted by molar-refractivity contribution is 7.89. The molecule has 0 saturated carbocycles. The standard InChI is InChI=1S/C20H28N4O5S/c1-2-22-9-11-23(12-10-22)20(26)15-5-7-24(8-6-15)30(27,28)16-3-4-18-17(13-16)21-19(25)14-29-18/h3-4,13,15H,2,5-12,14H2,1H3,(H,21,25). The number of piperidine rings is 1. The molecule has 2 fully saturated rings. The van der Waals surface area contributed by atoms with Crippen molar-refractivity contribution in [2.24, 2.45) is 5.92 Å². The topological polar surface area (TPSA) is 99.3 Å². The Morgan fingerprint density at radius 3 is 2.50 bits per heavy atom. The molecule has 1 aromatic rings. The number of likely N-dealkylation sites (N-methyl/N-ethyl adjacent to an activating group) is 1.